The molecule has 4 heteroatoms. The van der Waals surface area contributed by atoms with E-state index in [1.807, 2.05) is 12.1 Å². The van der Waals surface area contributed by atoms with Crippen molar-refractivity contribution in [1.29, 1.82) is 5.26 Å². The summed E-state index contributed by atoms with van der Waals surface area (Å²) in [5, 5.41) is 9.02. The van der Waals surface area contributed by atoms with Crippen LogP contribution in [0.2, 0.25) is 0 Å². The van der Waals surface area contributed by atoms with E-state index in [-0.39, 0.29) is 0 Å². The summed E-state index contributed by atoms with van der Waals surface area (Å²) in [6.07, 6.45) is 4.14. The van der Waals surface area contributed by atoms with Crippen molar-refractivity contribution < 1.29 is 4.79 Å². The maximum Gasteiger partial charge on any atom is 0.150 e. The van der Waals surface area contributed by atoms with Gasteiger partial charge in [0.05, 0.1) is 5.56 Å². The Morgan fingerprint density at radius 2 is 2.00 bits per heavy atom. The molecule has 2 rings (SSSR count). The van der Waals surface area contributed by atoms with Crippen molar-refractivity contribution in [2.75, 3.05) is 0 Å². The third-order valence-corrected chi connectivity index (χ3v) is 3.22. The second kappa shape index (κ2) is 5.28. The topological polar surface area (TPSA) is 53.8 Å². The highest BCUT2D eigenvalue weighted by Crippen LogP contribution is 2.29. The van der Waals surface area contributed by atoms with E-state index in [9.17, 15) is 4.79 Å². The van der Waals surface area contributed by atoms with Crippen LogP contribution >= 0.6 is 11.8 Å². The van der Waals surface area contributed by atoms with Gasteiger partial charge in [-0.1, -0.05) is 17.8 Å². The minimum absolute atomic E-state index is 0.511. The molecule has 0 N–H and O–H groups in total. The maximum atomic E-state index is 10.6. The van der Waals surface area contributed by atoms with E-state index < -0.39 is 0 Å². The highest BCUT2D eigenvalue weighted by molar-refractivity contribution is 7.99. The first kappa shape index (κ1) is 11.4. The van der Waals surface area contributed by atoms with Crippen molar-refractivity contribution in [3.63, 3.8) is 0 Å². The highest BCUT2D eigenvalue weighted by atomic mass is 32.2. The lowest BCUT2D eigenvalue weighted by molar-refractivity contribution is 0.112. The first-order valence-electron chi connectivity index (χ1n) is 4.90. The summed E-state index contributed by atoms with van der Waals surface area (Å²) >= 11 is 1.48. The van der Waals surface area contributed by atoms with Crippen LogP contribution < -0.4 is 0 Å². The first-order valence-corrected chi connectivity index (χ1v) is 5.72. The molecule has 1 aromatic heterocycles. The predicted octanol–water partition coefficient (Wildman–Crippen LogP) is 2.92. The standard InChI is InChI=1S/C13H8N2OS/c14-8-11-7-10(9-16)1-2-13(11)17-12-3-5-15-6-4-12/h1-7,9H. The number of hydrogen-bond acceptors (Lipinski definition) is 4. The van der Waals surface area contributed by atoms with Crippen LogP contribution in [0.1, 0.15) is 15.9 Å². The Hall–Kier alpha value is -2.12. The number of aromatic nitrogens is 1. The van der Waals surface area contributed by atoms with Gasteiger partial charge >= 0.3 is 0 Å². The van der Waals surface area contributed by atoms with Gasteiger partial charge in [-0.15, -0.1) is 0 Å². The van der Waals surface area contributed by atoms with Gasteiger partial charge in [-0.25, -0.2) is 0 Å². The molecule has 0 saturated carbocycles. The first-order chi connectivity index (χ1) is 8.33. The molecule has 2 aromatic rings. The molecule has 0 aliphatic rings. The van der Waals surface area contributed by atoms with Crippen LogP contribution in [0.3, 0.4) is 0 Å². The predicted molar refractivity (Wildman–Crippen MR) is 64.9 cm³/mol. The van der Waals surface area contributed by atoms with Crippen molar-refractivity contribution in [2.45, 2.75) is 9.79 Å². The second-order valence-electron chi connectivity index (χ2n) is 3.27. The van der Waals surface area contributed by atoms with Crippen LogP contribution in [0.4, 0.5) is 0 Å². The molecule has 0 spiro atoms. The average Bonchev–Trinajstić information content (AvgIpc) is 2.40. The largest absolute Gasteiger partial charge is 0.298 e. The van der Waals surface area contributed by atoms with Gasteiger partial charge in [-0.2, -0.15) is 5.26 Å². The molecule has 3 nitrogen and oxygen atoms in total. The van der Waals surface area contributed by atoms with Gasteiger partial charge in [0.2, 0.25) is 0 Å². The van der Waals surface area contributed by atoms with E-state index in [1.165, 1.54) is 11.8 Å². The zero-order chi connectivity index (χ0) is 12.1. The maximum absolute atomic E-state index is 10.6. The quantitative estimate of drug-likeness (QED) is 0.774. The number of carbonyl (C=O) groups is 1. The fraction of sp³-hybridized carbons (Fsp3) is 0. The highest BCUT2D eigenvalue weighted by Gasteiger charge is 2.05. The van der Waals surface area contributed by atoms with E-state index in [1.54, 1.807) is 30.6 Å². The van der Waals surface area contributed by atoms with Gasteiger partial charge in [0.1, 0.15) is 12.4 Å². The lowest BCUT2D eigenvalue weighted by Gasteiger charge is -2.03. The van der Waals surface area contributed by atoms with Crippen molar-refractivity contribution in [3.05, 3.63) is 53.9 Å². The summed E-state index contributed by atoms with van der Waals surface area (Å²) in [4.78, 5) is 16.4. The number of benzene rings is 1. The smallest absolute Gasteiger partial charge is 0.150 e. The van der Waals surface area contributed by atoms with Crippen molar-refractivity contribution in [3.8, 4) is 6.07 Å². The molecule has 0 radical (unpaired) electrons. The number of pyridine rings is 1. The average molecular weight is 240 g/mol. The molecule has 1 aromatic carbocycles. The Kier molecular flexibility index (Phi) is 3.53. The lowest BCUT2D eigenvalue weighted by atomic mass is 10.1. The minimum atomic E-state index is 0.511. The fourth-order valence-electron chi connectivity index (χ4n) is 1.33. The summed E-state index contributed by atoms with van der Waals surface area (Å²) in [6, 6.07) is 10.9. The van der Waals surface area contributed by atoms with Crippen molar-refractivity contribution >= 4 is 18.0 Å². The van der Waals surface area contributed by atoms with Gasteiger partial charge in [0.15, 0.2) is 0 Å². The number of carbonyl (C=O) groups excluding carboxylic acids is 1. The second-order valence-corrected chi connectivity index (χ2v) is 4.39. The van der Waals surface area contributed by atoms with Crippen LogP contribution in [0.15, 0.2) is 52.5 Å². The Morgan fingerprint density at radius 1 is 1.24 bits per heavy atom. The minimum Gasteiger partial charge on any atom is -0.298 e. The number of nitrogens with zero attached hydrogens (tertiary/aromatic N) is 2. The number of aldehydes is 1. The zero-order valence-corrected chi connectivity index (χ0v) is 9.65. The van der Waals surface area contributed by atoms with Crippen LogP contribution in [0.5, 0.6) is 0 Å². The van der Waals surface area contributed by atoms with Gasteiger partial charge in [-0.05, 0) is 24.3 Å². The van der Waals surface area contributed by atoms with Crippen LogP contribution in [0, 0.1) is 11.3 Å². The molecule has 0 atom stereocenters. The van der Waals surface area contributed by atoms with Gasteiger partial charge in [0.25, 0.3) is 0 Å². The molecule has 0 amide bonds. The Balaban J connectivity index is 2.34. The molecular formula is C13H8N2OS. The molecule has 0 unspecified atom stereocenters. The van der Waals surface area contributed by atoms with E-state index in [0.717, 1.165) is 16.1 Å². The molecule has 0 saturated heterocycles. The van der Waals surface area contributed by atoms with Gasteiger partial charge in [-0.3, -0.25) is 9.78 Å². The third-order valence-electron chi connectivity index (χ3n) is 2.14. The normalized spacial score (nSPS) is 9.59. The van der Waals surface area contributed by atoms with E-state index in [2.05, 4.69) is 11.1 Å². The molecule has 0 bridgehead atoms. The summed E-state index contributed by atoms with van der Waals surface area (Å²) in [5.41, 5.74) is 1.03. The number of rotatable bonds is 3. The molecule has 0 aliphatic carbocycles. The molecule has 0 aliphatic heterocycles. The van der Waals surface area contributed by atoms with E-state index in [0.29, 0.717) is 11.1 Å². The monoisotopic (exact) mass is 240 g/mol. The summed E-state index contributed by atoms with van der Waals surface area (Å²) < 4.78 is 0. The van der Waals surface area contributed by atoms with Gasteiger partial charge < -0.3 is 0 Å². The van der Waals surface area contributed by atoms with E-state index >= 15 is 0 Å². The SMILES string of the molecule is N#Cc1cc(C=O)ccc1Sc1ccncc1. The third kappa shape index (κ3) is 2.71. The van der Waals surface area contributed by atoms with Gasteiger partial charge in [0, 0.05) is 27.7 Å². The Morgan fingerprint density at radius 3 is 2.65 bits per heavy atom. The molecule has 17 heavy (non-hydrogen) atoms. The molecule has 82 valence electrons. The van der Waals surface area contributed by atoms with E-state index in [4.69, 9.17) is 5.26 Å². The summed E-state index contributed by atoms with van der Waals surface area (Å²) in [6.45, 7) is 0. The van der Waals surface area contributed by atoms with Crippen molar-refractivity contribution in [1.82, 2.24) is 4.98 Å². The fourth-order valence-corrected chi connectivity index (χ4v) is 2.19. The molecular weight excluding hydrogens is 232 g/mol. The zero-order valence-electron chi connectivity index (χ0n) is 8.83. The summed E-state index contributed by atoms with van der Waals surface area (Å²) in [7, 11) is 0. The van der Waals surface area contributed by atoms with Crippen molar-refractivity contribution in [2.24, 2.45) is 0 Å². The Bertz CT molecular complexity index is 576. The van der Waals surface area contributed by atoms with Crippen LogP contribution in [0.25, 0.3) is 0 Å². The van der Waals surface area contributed by atoms with Crippen LogP contribution in [-0.4, -0.2) is 11.3 Å². The molecule has 0 fully saturated rings. The van der Waals surface area contributed by atoms with Crippen LogP contribution in [-0.2, 0) is 0 Å². The lowest BCUT2D eigenvalue weighted by Crippen LogP contribution is -1.86. The summed E-state index contributed by atoms with van der Waals surface area (Å²) in [5.74, 6) is 0. The Labute approximate surface area is 103 Å². The number of hydrogen-bond donors (Lipinski definition) is 0. The molecule has 1 heterocycles. The number of nitriles is 1.